The minimum atomic E-state index is -0.0919. The smallest absolute Gasteiger partial charge is 0.101 e. The highest BCUT2D eigenvalue weighted by Crippen LogP contribution is 2.52. The Morgan fingerprint density at radius 2 is 1.30 bits per heavy atom. The van der Waals surface area contributed by atoms with Crippen LogP contribution in [0.2, 0.25) is 0 Å². The van der Waals surface area contributed by atoms with Crippen molar-refractivity contribution in [1.82, 2.24) is 4.98 Å². The van der Waals surface area contributed by atoms with E-state index in [-0.39, 0.29) is 5.41 Å². The molecule has 3 aromatic carbocycles. The topological polar surface area (TPSA) is 39.9 Å². The van der Waals surface area contributed by atoms with Gasteiger partial charge < -0.3 is 4.90 Å². The molecular formula is C27H21N3. The van der Waals surface area contributed by atoms with E-state index in [1.54, 1.807) is 6.20 Å². The highest BCUT2D eigenvalue weighted by molar-refractivity contribution is 5.91. The van der Waals surface area contributed by atoms with Crippen LogP contribution in [0.1, 0.15) is 30.5 Å². The molecule has 1 aromatic heterocycles. The minimum absolute atomic E-state index is 0.0919. The lowest BCUT2D eigenvalue weighted by Crippen LogP contribution is -2.30. The van der Waals surface area contributed by atoms with Crippen molar-refractivity contribution < 1.29 is 0 Å². The van der Waals surface area contributed by atoms with Crippen LogP contribution in [-0.4, -0.2) is 4.98 Å². The Kier molecular flexibility index (Phi) is 4.15. The summed E-state index contributed by atoms with van der Waals surface area (Å²) in [5.41, 5.74) is 8.39. The highest BCUT2D eigenvalue weighted by atomic mass is 15.2. The largest absolute Gasteiger partial charge is 0.309 e. The molecule has 3 nitrogen and oxygen atoms in total. The maximum Gasteiger partial charge on any atom is 0.101 e. The maximum absolute atomic E-state index is 9.13. The first-order valence-corrected chi connectivity index (χ1v) is 10.1. The zero-order valence-corrected chi connectivity index (χ0v) is 17.0. The zero-order chi connectivity index (χ0) is 20.7. The van der Waals surface area contributed by atoms with Crippen LogP contribution in [0, 0.1) is 11.3 Å². The van der Waals surface area contributed by atoms with Crippen molar-refractivity contribution in [2.45, 2.75) is 19.3 Å². The lowest BCUT2D eigenvalue weighted by Gasteiger charge is -2.42. The van der Waals surface area contributed by atoms with E-state index in [0.717, 1.165) is 16.9 Å². The Hall–Kier alpha value is -3.90. The van der Waals surface area contributed by atoms with Crippen molar-refractivity contribution in [3.05, 3.63) is 108 Å². The van der Waals surface area contributed by atoms with E-state index in [1.807, 2.05) is 18.2 Å². The van der Waals surface area contributed by atoms with Gasteiger partial charge in [-0.1, -0.05) is 68.4 Å². The average molecular weight is 387 g/mol. The Labute approximate surface area is 176 Å². The number of nitriles is 1. The lowest BCUT2D eigenvalue weighted by molar-refractivity contribution is 0.632. The fourth-order valence-corrected chi connectivity index (χ4v) is 4.43. The van der Waals surface area contributed by atoms with Crippen molar-refractivity contribution in [1.29, 1.82) is 5.26 Å². The van der Waals surface area contributed by atoms with Crippen molar-refractivity contribution in [2.75, 3.05) is 4.90 Å². The van der Waals surface area contributed by atoms with Crippen LogP contribution in [0.25, 0.3) is 11.3 Å². The third-order valence-electron chi connectivity index (χ3n) is 5.95. The highest BCUT2D eigenvalue weighted by Gasteiger charge is 2.36. The van der Waals surface area contributed by atoms with Gasteiger partial charge in [0, 0.05) is 17.2 Å². The third kappa shape index (κ3) is 2.69. The molecule has 0 fully saturated rings. The van der Waals surface area contributed by atoms with Gasteiger partial charge in [-0.15, -0.1) is 0 Å². The van der Waals surface area contributed by atoms with Gasteiger partial charge in [0.2, 0.25) is 0 Å². The van der Waals surface area contributed by atoms with Gasteiger partial charge in [0.25, 0.3) is 0 Å². The molecule has 1 aliphatic heterocycles. The number of anilines is 3. The monoisotopic (exact) mass is 387 g/mol. The van der Waals surface area contributed by atoms with E-state index in [2.05, 4.69) is 96.5 Å². The molecule has 4 aromatic rings. The second kappa shape index (κ2) is 6.86. The molecular weight excluding hydrogens is 366 g/mol. The molecule has 0 aliphatic carbocycles. The summed E-state index contributed by atoms with van der Waals surface area (Å²) < 4.78 is 0. The van der Waals surface area contributed by atoms with Crippen molar-refractivity contribution in [3.63, 3.8) is 0 Å². The minimum Gasteiger partial charge on any atom is -0.309 e. The van der Waals surface area contributed by atoms with Gasteiger partial charge in [-0.2, -0.15) is 5.26 Å². The number of fused-ring (bicyclic) bond motifs is 2. The van der Waals surface area contributed by atoms with E-state index in [4.69, 9.17) is 5.26 Å². The van der Waals surface area contributed by atoms with Gasteiger partial charge in [0.15, 0.2) is 0 Å². The molecule has 0 saturated heterocycles. The number of hydrogen-bond acceptors (Lipinski definition) is 3. The summed E-state index contributed by atoms with van der Waals surface area (Å²) in [6, 6.07) is 31.5. The predicted molar refractivity (Wildman–Crippen MR) is 121 cm³/mol. The summed E-state index contributed by atoms with van der Waals surface area (Å²) in [5.74, 6) is 0. The van der Waals surface area contributed by atoms with Crippen LogP contribution < -0.4 is 4.90 Å². The molecule has 0 radical (unpaired) electrons. The predicted octanol–water partition coefficient (Wildman–Crippen LogP) is 6.73. The molecule has 0 N–H and O–H groups in total. The fourth-order valence-electron chi connectivity index (χ4n) is 4.43. The first-order valence-electron chi connectivity index (χ1n) is 10.1. The molecule has 0 saturated carbocycles. The van der Waals surface area contributed by atoms with Crippen LogP contribution in [0.5, 0.6) is 0 Å². The number of nitrogens with zero attached hydrogens (tertiary/aromatic N) is 3. The molecule has 30 heavy (non-hydrogen) atoms. The number of rotatable bonds is 2. The molecule has 0 bridgehead atoms. The summed E-state index contributed by atoms with van der Waals surface area (Å²) in [5, 5.41) is 9.13. The molecule has 2 heterocycles. The average Bonchev–Trinajstić information content (AvgIpc) is 2.80. The summed E-state index contributed by atoms with van der Waals surface area (Å²) in [4.78, 5) is 6.91. The van der Waals surface area contributed by atoms with Crippen molar-refractivity contribution >= 4 is 17.1 Å². The van der Waals surface area contributed by atoms with Gasteiger partial charge in [-0.3, -0.25) is 4.98 Å². The summed E-state index contributed by atoms with van der Waals surface area (Å²) in [6.45, 7) is 4.58. The van der Waals surface area contributed by atoms with Gasteiger partial charge in [-0.25, -0.2) is 0 Å². The van der Waals surface area contributed by atoms with E-state index >= 15 is 0 Å². The summed E-state index contributed by atoms with van der Waals surface area (Å²) in [6.07, 6.45) is 1.63. The zero-order valence-electron chi connectivity index (χ0n) is 17.0. The first-order chi connectivity index (χ1) is 14.6. The molecule has 0 unspecified atom stereocenters. The van der Waals surface area contributed by atoms with Gasteiger partial charge >= 0.3 is 0 Å². The number of hydrogen-bond donors (Lipinski definition) is 0. The van der Waals surface area contributed by atoms with Crippen LogP contribution in [0.4, 0.5) is 17.1 Å². The Balaban J connectivity index is 1.78. The van der Waals surface area contributed by atoms with Gasteiger partial charge in [0.05, 0.1) is 28.3 Å². The first kappa shape index (κ1) is 18.1. The van der Waals surface area contributed by atoms with Crippen LogP contribution >= 0.6 is 0 Å². The normalized spacial score (nSPS) is 13.8. The van der Waals surface area contributed by atoms with E-state index in [0.29, 0.717) is 5.56 Å². The Morgan fingerprint density at radius 3 is 1.87 bits per heavy atom. The van der Waals surface area contributed by atoms with Crippen LogP contribution in [0.15, 0.2) is 91.1 Å². The number of para-hydroxylation sites is 3. The van der Waals surface area contributed by atoms with E-state index in [9.17, 15) is 0 Å². The Bertz CT molecular complexity index is 1230. The van der Waals surface area contributed by atoms with Crippen LogP contribution in [0.3, 0.4) is 0 Å². The SMILES string of the molecule is CC1(C)c2ccccc2N(c2ccccc2-c2ccc(C#N)cn2)c2ccccc21. The van der Waals surface area contributed by atoms with Crippen molar-refractivity contribution in [2.24, 2.45) is 0 Å². The summed E-state index contributed by atoms with van der Waals surface area (Å²) >= 11 is 0. The molecule has 5 rings (SSSR count). The second-order valence-corrected chi connectivity index (χ2v) is 8.06. The van der Waals surface area contributed by atoms with Gasteiger partial charge in [0.1, 0.15) is 6.07 Å². The Morgan fingerprint density at radius 1 is 0.733 bits per heavy atom. The van der Waals surface area contributed by atoms with Gasteiger partial charge in [-0.05, 0) is 41.5 Å². The molecule has 0 atom stereocenters. The summed E-state index contributed by atoms with van der Waals surface area (Å²) in [7, 11) is 0. The molecule has 3 heteroatoms. The second-order valence-electron chi connectivity index (χ2n) is 8.06. The molecule has 0 spiro atoms. The van der Waals surface area contributed by atoms with E-state index in [1.165, 1.54) is 22.5 Å². The standard InChI is InChI=1S/C27H21N3/c1-27(2)21-10-4-7-13-25(21)30(26-14-8-5-11-22(26)27)24-12-6-3-9-20(24)23-16-15-19(17-28)18-29-23/h3-16,18H,1-2H3. The fraction of sp³-hybridized carbons (Fsp3) is 0.111. The molecule has 1 aliphatic rings. The maximum atomic E-state index is 9.13. The molecule has 144 valence electrons. The number of pyridine rings is 1. The van der Waals surface area contributed by atoms with Crippen LogP contribution in [-0.2, 0) is 5.41 Å². The lowest BCUT2D eigenvalue weighted by atomic mass is 9.73. The number of aromatic nitrogens is 1. The van der Waals surface area contributed by atoms with Crippen molar-refractivity contribution in [3.8, 4) is 17.3 Å². The quantitative estimate of drug-likeness (QED) is 0.383. The van der Waals surface area contributed by atoms with E-state index < -0.39 is 0 Å². The molecule has 0 amide bonds. The third-order valence-corrected chi connectivity index (χ3v) is 5.95. The number of benzene rings is 3.